The van der Waals surface area contributed by atoms with Gasteiger partial charge in [-0.15, -0.1) is 0 Å². The van der Waals surface area contributed by atoms with Crippen molar-refractivity contribution >= 4 is 5.91 Å². The van der Waals surface area contributed by atoms with E-state index in [9.17, 15) is 18.0 Å². The van der Waals surface area contributed by atoms with Gasteiger partial charge in [0, 0.05) is 13.1 Å². The molecule has 168 valence electrons. The van der Waals surface area contributed by atoms with Crippen LogP contribution >= 0.6 is 0 Å². The quantitative estimate of drug-likeness (QED) is 0.467. The van der Waals surface area contributed by atoms with Crippen molar-refractivity contribution in [2.24, 2.45) is 0 Å². The molecule has 0 heterocycles. The number of alkyl halides is 3. The van der Waals surface area contributed by atoms with Crippen LogP contribution in [-0.4, -0.2) is 13.0 Å². The molecule has 32 heavy (non-hydrogen) atoms. The van der Waals surface area contributed by atoms with E-state index in [4.69, 9.17) is 0 Å². The van der Waals surface area contributed by atoms with Crippen molar-refractivity contribution in [3.63, 3.8) is 0 Å². The molecule has 0 aliphatic carbocycles. The molecule has 0 aliphatic rings. The van der Waals surface area contributed by atoms with E-state index >= 15 is 0 Å². The summed E-state index contributed by atoms with van der Waals surface area (Å²) >= 11 is 0. The van der Waals surface area contributed by atoms with Crippen molar-refractivity contribution in [3.8, 4) is 0 Å². The summed E-state index contributed by atoms with van der Waals surface area (Å²) in [6.07, 6.45) is -3.16. The first-order valence-corrected chi connectivity index (χ1v) is 10.5. The van der Waals surface area contributed by atoms with Gasteiger partial charge >= 0.3 is 6.18 Å². The highest BCUT2D eigenvalue weighted by molar-refractivity contribution is 5.83. The lowest BCUT2D eigenvalue weighted by molar-refractivity contribution is -0.137. The molecular weight excluding hydrogens is 413 g/mol. The van der Waals surface area contributed by atoms with Gasteiger partial charge < -0.3 is 5.32 Å². The number of rotatable bonds is 8. The maximum atomic E-state index is 12.9. The predicted molar refractivity (Wildman–Crippen MR) is 120 cm³/mol. The Morgan fingerprint density at radius 3 is 2.16 bits per heavy atom. The van der Waals surface area contributed by atoms with Crippen LogP contribution in [0.25, 0.3) is 0 Å². The zero-order valence-electron chi connectivity index (χ0n) is 18.1. The van der Waals surface area contributed by atoms with Crippen LogP contribution in [0.2, 0.25) is 0 Å². The zero-order valence-corrected chi connectivity index (χ0v) is 18.1. The molecule has 1 unspecified atom stereocenters. The van der Waals surface area contributed by atoms with Crippen molar-refractivity contribution in [1.29, 1.82) is 0 Å². The first-order valence-electron chi connectivity index (χ1n) is 10.5. The lowest BCUT2D eigenvalue weighted by Crippen LogP contribution is -2.38. The Bertz CT molecular complexity index is 1020. The molecule has 0 aliphatic heterocycles. The van der Waals surface area contributed by atoms with Crippen LogP contribution in [0.5, 0.6) is 0 Å². The molecule has 0 spiro atoms. The zero-order chi connectivity index (χ0) is 23.1. The summed E-state index contributed by atoms with van der Waals surface area (Å²) in [4.78, 5) is 12.7. The lowest BCUT2D eigenvalue weighted by Gasteiger charge is -2.26. The van der Waals surface area contributed by atoms with E-state index in [1.165, 1.54) is 12.1 Å². The number of nitrogens with one attached hydrogen (secondary N) is 2. The normalized spacial score (nSPS) is 13.4. The van der Waals surface area contributed by atoms with Crippen LogP contribution in [0.4, 0.5) is 13.2 Å². The molecule has 0 saturated carbocycles. The van der Waals surface area contributed by atoms with Gasteiger partial charge in [-0.2, -0.15) is 13.2 Å². The molecule has 0 radical (unpaired) electrons. The highest BCUT2D eigenvalue weighted by Crippen LogP contribution is 2.30. The first kappa shape index (κ1) is 23.5. The number of likely N-dealkylation sites (N-methyl/N-ethyl adjacent to an activating group) is 1. The van der Waals surface area contributed by atoms with E-state index in [0.29, 0.717) is 12.8 Å². The number of carbonyl (C=O) groups is 1. The molecule has 0 saturated heterocycles. The molecular formula is C26H27F3N2O. The fourth-order valence-electron chi connectivity index (χ4n) is 3.72. The molecule has 3 rings (SSSR count). The van der Waals surface area contributed by atoms with Gasteiger partial charge in [-0.1, -0.05) is 72.3 Å². The number of amides is 1. The predicted octanol–water partition coefficient (Wildman–Crippen LogP) is 5.76. The van der Waals surface area contributed by atoms with E-state index in [-0.39, 0.29) is 11.9 Å². The second-order valence-corrected chi connectivity index (χ2v) is 7.82. The third-order valence-corrected chi connectivity index (χ3v) is 5.46. The topological polar surface area (TPSA) is 41.1 Å². The summed E-state index contributed by atoms with van der Waals surface area (Å²) in [5.41, 5.74) is 3.13. The molecule has 3 aromatic rings. The maximum Gasteiger partial charge on any atom is 0.416 e. The number of aryl methyl sites for hydroxylation is 2. The maximum absolute atomic E-state index is 12.9. The monoisotopic (exact) mass is 440 g/mol. The second-order valence-electron chi connectivity index (χ2n) is 7.82. The van der Waals surface area contributed by atoms with E-state index in [1.54, 1.807) is 7.05 Å². The molecule has 3 nitrogen and oxygen atoms in total. The van der Waals surface area contributed by atoms with Crippen LogP contribution in [0, 0.1) is 6.92 Å². The van der Waals surface area contributed by atoms with E-state index in [1.807, 2.05) is 55.5 Å². The summed E-state index contributed by atoms with van der Waals surface area (Å²) < 4.78 is 38.6. The average Bonchev–Trinajstić information content (AvgIpc) is 2.79. The molecule has 0 aromatic heterocycles. The number of halogens is 3. The second kappa shape index (κ2) is 10.5. The van der Waals surface area contributed by atoms with Crippen LogP contribution < -0.4 is 10.6 Å². The van der Waals surface area contributed by atoms with Gasteiger partial charge in [-0.25, -0.2) is 0 Å². The van der Waals surface area contributed by atoms with Crippen molar-refractivity contribution in [2.75, 3.05) is 7.05 Å². The fraction of sp³-hybridized carbons (Fsp3) is 0.269. The van der Waals surface area contributed by atoms with Gasteiger partial charge in [0.2, 0.25) is 5.91 Å². The average molecular weight is 441 g/mol. The van der Waals surface area contributed by atoms with Crippen LogP contribution in [0.3, 0.4) is 0 Å². The van der Waals surface area contributed by atoms with Gasteiger partial charge in [-0.05, 0) is 48.6 Å². The van der Waals surface area contributed by atoms with Crippen LogP contribution in [-0.2, 0) is 17.4 Å². The minimum atomic E-state index is -4.35. The fourth-order valence-corrected chi connectivity index (χ4v) is 3.72. The van der Waals surface area contributed by atoms with Gasteiger partial charge in [-0.3, -0.25) is 10.1 Å². The largest absolute Gasteiger partial charge is 0.416 e. The number of carbonyl (C=O) groups excluding carboxylic acids is 1. The Labute approximate surface area is 186 Å². The Hall–Kier alpha value is -3.12. The Kier molecular flexibility index (Phi) is 7.70. The Morgan fingerprint density at radius 2 is 1.56 bits per heavy atom. The summed E-state index contributed by atoms with van der Waals surface area (Å²) in [6.45, 7) is 2.00. The van der Waals surface area contributed by atoms with Gasteiger partial charge in [0.05, 0.1) is 5.56 Å². The Morgan fingerprint density at radius 1 is 0.906 bits per heavy atom. The van der Waals surface area contributed by atoms with Gasteiger partial charge in [0.15, 0.2) is 0 Å². The lowest BCUT2D eigenvalue weighted by atomic mass is 9.95. The van der Waals surface area contributed by atoms with Crippen molar-refractivity contribution in [2.45, 2.75) is 38.0 Å². The molecule has 2 N–H and O–H groups in total. The minimum absolute atomic E-state index is 0.150. The molecule has 6 heteroatoms. The van der Waals surface area contributed by atoms with E-state index < -0.39 is 17.8 Å². The van der Waals surface area contributed by atoms with Gasteiger partial charge in [0.1, 0.15) is 6.04 Å². The SMILES string of the molecule is CNC(=O)[C@H](NC(CCc1ccc(C(F)(F)F)cc1)c1cccc(C)c1)c1ccccc1. The number of benzene rings is 3. The smallest absolute Gasteiger partial charge is 0.358 e. The summed E-state index contributed by atoms with van der Waals surface area (Å²) in [5, 5.41) is 6.20. The number of hydrogen-bond acceptors (Lipinski definition) is 2. The molecule has 0 bridgehead atoms. The first-order chi connectivity index (χ1) is 15.3. The number of hydrogen-bond donors (Lipinski definition) is 2. The highest BCUT2D eigenvalue weighted by Gasteiger charge is 2.30. The summed E-state index contributed by atoms with van der Waals surface area (Å²) in [7, 11) is 1.60. The summed E-state index contributed by atoms with van der Waals surface area (Å²) in [6, 6.07) is 22.0. The third kappa shape index (κ3) is 6.20. The Balaban J connectivity index is 1.84. The van der Waals surface area contributed by atoms with Gasteiger partial charge in [0.25, 0.3) is 0 Å². The minimum Gasteiger partial charge on any atom is -0.358 e. The molecule has 3 aromatic carbocycles. The van der Waals surface area contributed by atoms with Crippen LogP contribution in [0.15, 0.2) is 78.9 Å². The van der Waals surface area contributed by atoms with Crippen molar-refractivity contribution in [1.82, 2.24) is 10.6 Å². The summed E-state index contributed by atoms with van der Waals surface area (Å²) in [5.74, 6) is -0.150. The standard InChI is InChI=1S/C26H27F3N2O/c1-18-7-6-10-21(17-18)23(16-13-19-11-14-22(15-12-19)26(27,28)29)31-24(25(32)30-2)20-8-4-3-5-9-20/h3-12,14-15,17,23-24,31H,13,16H2,1-2H3,(H,30,32)/t23?,24-/m1/s1. The van der Waals surface area contributed by atoms with Crippen molar-refractivity contribution in [3.05, 3.63) is 107 Å². The van der Waals surface area contributed by atoms with E-state index in [0.717, 1.165) is 34.4 Å². The third-order valence-electron chi connectivity index (χ3n) is 5.46. The highest BCUT2D eigenvalue weighted by atomic mass is 19.4. The molecule has 1 amide bonds. The van der Waals surface area contributed by atoms with Crippen molar-refractivity contribution < 1.29 is 18.0 Å². The van der Waals surface area contributed by atoms with E-state index in [2.05, 4.69) is 16.7 Å². The molecule has 0 fully saturated rings. The molecule has 2 atom stereocenters. The van der Waals surface area contributed by atoms with Crippen LogP contribution in [0.1, 0.15) is 46.3 Å².